The number of carbonyl (C=O) groups excluding carboxylic acids is 1. The Morgan fingerprint density at radius 2 is 2.46 bits per heavy atom. The van der Waals surface area contributed by atoms with Crippen molar-refractivity contribution in [3.63, 3.8) is 0 Å². The monoisotopic (exact) mass is 182 g/mol. The minimum absolute atomic E-state index is 0.172. The number of rotatable bonds is 4. The van der Waals surface area contributed by atoms with Gasteiger partial charge in [0.2, 0.25) is 0 Å². The highest BCUT2D eigenvalue weighted by molar-refractivity contribution is 5.91. The van der Waals surface area contributed by atoms with Gasteiger partial charge in [0.15, 0.2) is 12.1 Å². The van der Waals surface area contributed by atoms with Crippen molar-refractivity contribution in [1.29, 1.82) is 0 Å². The fraction of sp³-hybridized carbons (Fsp3) is 0.556. The molecule has 0 aliphatic carbocycles. The quantitative estimate of drug-likeness (QED) is 0.766. The first-order valence-electron chi connectivity index (χ1n) is 4.36. The first-order valence-corrected chi connectivity index (χ1v) is 4.36. The zero-order valence-electron chi connectivity index (χ0n) is 7.91. The van der Waals surface area contributed by atoms with Gasteiger partial charge in [-0.2, -0.15) is 0 Å². The van der Waals surface area contributed by atoms with Gasteiger partial charge < -0.3 is 9.73 Å². The third-order valence-corrected chi connectivity index (χ3v) is 1.67. The van der Waals surface area contributed by atoms with Gasteiger partial charge in [-0.1, -0.05) is 13.8 Å². The van der Waals surface area contributed by atoms with Crippen molar-refractivity contribution in [2.75, 3.05) is 6.54 Å². The van der Waals surface area contributed by atoms with Crippen molar-refractivity contribution in [2.45, 2.75) is 20.3 Å². The second kappa shape index (κ2) is 4.64. The van der Waals surface area contributed by atoms with Crippen molar-refractivity contribution in [1.82, 2.24) is 10.3 Å². The molecule has 1 aromatic heterocycles. The number of amides is 1. The summed E-state index contributed by atoms with van der Waals surface area (Å²) in [6, 6.07) is 0. The lowest BCUT2D eigenvalue weighted by molar-refractivity contribution is 0.0947. The Balaban J connectivity index is 2.27. The molecule has 0 aliphatic heterocycles. The molecule has 1 heterocycles. The largest absolute Gasteiger partial charge is 0.451 e. The van der Waals surface area contributed by atoms with Crippen molar-refractivity contribution in [2.24, 2.45) is 5.92 Å². The zero-order chi connectivity index (χ0) is 9.68. The molecule has 0 atom stereocenters. The Morgan fingerprint density at radius 1 is 1.69 bits per heavy atom. The summed E-state index contributed by atoms with van der Waals surface area (Å²) >= 11 is 0. The summed E-state index contributed by atoms with van der Waals surface area (Å²) in [5, 5.41) is 2.75. The Hall–Kier alpha value is -1.32. The van der Waals surface area contributed by atoms with Gasteiger partial charge in [-0.05, 0) is 12.3 Å². The maximum Gasteiger partial charge on any atom is 0.273 e. The fourth-order valence-electron chi connectivity index (χ4n) is 0.890. The molecule has 72 valence electrons. The summed E-state index contributed by atoms with van der Waals surface area (Å²) in [6.45, 7) is 4.91. The molecule has 4 heteroatoms. The summed E-state index contributed by atoms with van der Waals surface area (Å²) in [5.74, 6) is 0.423. The van der Waals surface area contributed by atoms with Gasteiger partial charge in [0.25, 0.3) is 5.91 Å². The van der Waals surface area contributed by atoms with Crippen LogP contribution >= 0.6 is 0 Å². The van der Waals surface area contributed by atoms with Gasteiger partial charge in [-0.15, -0.1) is 0 Å². The highest BCUT2D eigenvalue weighted by Gasteiger charge is 2.07. The summed E-state index contributed by atoms with van der Waals surface area (Å²) in [7, 11) is 0. The Labute approximate surface area is 77.3 Å². The zero-order valence-corrected chi connectivity index (χ0v) is 7.91. The number of nitrogens with zero attached hydrogens (tertiary/aromatic N) is 1. The van der Waals surface area contributed by atoms with Gasteiger partial charge in [-0.25, -0.2) is 4.98 Å². The first kappa shape index (κ1) is 9.77. The number of nitrogens with one attached hydrogen (secondary N) is 1. The number of carbonyl (C=O) groups is 1. The lowest BCUT2D eigenvalue weighted by atomic mass is 10.1. The van der Waals surface area contributed by atoms with Gasteiger partial charge >= 0.3 is 0 Å². The Bertz CT molecular complexity index is 255. The van der Waals surface area contributed by atoms with E-state index < -0.39 is 0 Å². The van der Waals surface area contributed by atoms with Crippen LogP contribution in [0, 0.1) is 5.92 Å². The number of aromatic nitrogens is 1. The molecule has 0 bridgehead atoms. The molecular weight excluding hydrogens is 168 g/mol. The summed E-state index contributed by atoms with van der Waals surface area (Å²) in [5.41, 5.74) is 0.337. The fourth-order valence-corrected chi connectivity index (χ4v) is 0.890. The average molecular weight is 182 g/mol. The molecule has 0 spiro atoms. The first-order chi connectivity index (χ1) is 6.20. The average Bonchev–Trinajstić information content (AvgIpc) is 2.55. The van der Waals surface area contributed by atoms with Crippen LogP contribution in [-0.2, 0) is 0 Å². The molecular formula is C9H14N2O2. The van der Waals surface area contributed by atoms with Gasteiger partial charge in [0, 0.05) is 6.54 Å². The van der Waals surface area contributed by atoms with E-state index in [4.69, 9.17) is 4.42 Å². The maximum absolute atomic E-state index is 11.3. The van der Waals surface area contributed by atoms with Crippen LogP contribution in [0.1, 0.15) is 30.8 Å². The smallest absolute Gasteiger partial charge is 0.273 e. The van der Waals surface area contributed by atoms with E-state index in [1.54, 1.807) is 0 Å². The molecule has 0 fully saturated rings. The molecule has 1 aromatic rings. The van der Waals surface area contributed by atoms with Gasteiger partial charge in [-0.3, -0.25) is 4.79 Å². The summed E-state index contributed by atoms with van der Waals surface area (Å²) < 4.78 is 4.69. The third-order valence-electron chi connectivity index (χ3n) is 1.67. The Kier molecular flexibility index (Phi) is 3.49. The molecule has 0 aliphatic rings. The molecule has 1 N–H and O–H groups in total. The minimum Gasteiger partial charge on any atom is -0.451 e. The molecule has 0 saturated heterocycles. The predicted molar refractivity (Wildman–Crippen MR) is 48.3 cm³/mol. The van der Waals surface area contributed by atoms with Crippen LogP contribution in [0.5, 0.6) is 0 Å². The van der Waals surface area contributed by atoms with Gasteiger partial charge in [0.05, 0.1) is 0 Å². The van der Waals surface area contributed by atoms with Crippen LogP contribution in [0.15, 0.2) is 17.1 Å². The molecule has 0 saturated carbocycles. The van der Waals surface area contributed by atoms with E-state index in [9.17, 15) is 4.79 Å². The molecule has 13 heavy (non-hydrogen) atoms. The molecule has 1 amide bonds. The van der Waals surface area contributed by atoms with Crippen molar-refractivity contribution < 1.29 is 9.21 Å². The van der Waals surface area contributed by atoms with E-state index in [0.717, 1.165) is 6.42 Å². The molecule has 1 rings (SSSR count). The van der Waals surface area contributed by atoms with Crippen molar-refractivity contribution >= 4 is 5.91 Å². The number of oxazole rings is 1. The summed E-state index contributed by atoms with van der Waals surface area (Å²) in [6.07, 6.45) is 3.56. The normalized spacial score (nSPS) is 10.4. The van der Waals surface area contributed by atoms with E-state index in [1.165, 1.54) is 12.7 Å². The highest BCUT2D eigenvalue weighted by Crippen LogP contribution is 1.98. The number of hydrogen-bond donors (Lipinski definition) is 1. The summed E-state index contributed by atoms with van der Waals surface area (Å²) in [4.78, 5) is 15.0. The SMILES string of the molecule is CC(C)CCNC(=O)c1cocn1. The van der Waals surface area contributed by atoms with Crippen LogP contribution in [0.3, 0.4) is 0 Å². The lowest BCUT2D eigenvalue weighted by Crippen LogP contribution is -2.25. The van der Waals surface area contributed by atoms with E-state index in [1.807, 2.05) is 0 Å². The molecule has 0 radical (unpaired) electrons. The van der Waals surface area contributed by atoms with E-state index >= 15 is 0 Å². The predicted octanol–water partition coefficient (Wildman–Crippen LogP) is 1.45. The van der Waals surface area contributed by atoms with Crippen molar-refractivity contribution in [3.8, 4) is 0 Å². The second-order valence-corrected chi connectivity index (χ2v) is 3.31. The van der Waals surface area contributed by atoms with E-state index in [-0.39, 0.29) is 5.91 Å². The highest BCUT2D eigenvalue weighted by atomic mass is 16.3. The number of hydrogen-bond acceptors (Lipinski definition) is 3. The van der Waals surface area contributed by atoms with Gasteiger partial charge in [0.1, 0.15) is 6.26 Å². The van der Waals surface area contributed by atoms with Crippen molar-refractivity contribution in [3.05, 3.63) is 18.4 Å². The maximum atomic E-state index is 11.3. The molecule has 4 nitrogen and oxygen atoms in total. The van der Waals surface area contributed by atoms with Crippen LogP contribution < -0.4 is 5.32 Å². The molecule has 0 unspecified atom stereocenters. The lowest BCUT2D eigenvalue weighted by Gasteiger charge is -2.04. The topological polar surface area (TPSA) is 55.1 Å². The van der Waals surface area contributed by atoms with E-state index in [2.05, 4.69) is 24.1 Å². The van der Waals surface area contributed by atoms with Crippen LogP contribution in [0.4, 0.5) is 0 Å². The third kappa shape index (κ3) is 3.27. The van der Waals surface area contributed by atoms with Crippen LogP contribution in [0.2, 0.25) is 0 Å². The minimum atomic E-state index is -0.172. The van der Waals surface area contributed by atoms with E-state index in [0.29, 0.717) is 18.2 Å². The Morgan fingerprint density at radius 3 is 3.00 bits per heavy atom. The molecule has 0 aromatic carbocycles. The van der Waals surface area contributed by atoms with Crippen LogP contribution in [0.25, 0.3) is 0 Å². The second-order valence-electron chi connectivity index (χ2n) is 3.31. The van der Waals surface area contributed by atoms with Crippen LogP contribution in [-0.4, -0.2) is 17.4 Å². The standard InChI is InChI=1S/C9H14N2O2/c1-7(2)3-4-10-9(12)8-5-13-6-11-8/h5-7H,3-4H2,1-2H3,(H,10,12).